The number of nitrogens with zero attached hydrogens (tertiary/aromatic N) is 1. The molecule has 1 fully saturated rings. The van der Waals surface area contributed by atoms with E-state index in [0.29, 0.717) is 5.92 Å². The van der Waals surface area contributed by atoms with E-state index in [-0.39, 0.29) is 12.5 Å². The van der Waals surface area contributed by atoms with Gasteiger partial charge in [-0.25, -0.2) is 0 Å². The van der Waals surface area contributed by atoms with Crippen LogP contribution in [0.25, 0.3) is 0 Å². The quantitative estimate of drug-likeness (QED) is 0.152. The summed E-state index contributed by atoms with van der Waals surface area (Å²) in [7, 11) is 0. The van der Waals surface area contributed by atoms with Crippen LogP contribution in [0.4, 0.5) is 0 Å². The molecule has 2 unspecified atom stereocenters. The van der Waals surface area contributed by atoms with Crippen LogP contribution in [0.1, 0.15) is 91.0 Å². The molecule has 0 aliphatic heterocycles. The highest BCUT2D eigenvalue weighted by molar-refractivity contribution is 8.04. The van der Waals surface area contributed by atoms with Gasteiger partial charge in [0.1, 0.15) is 0 Å². The summed E-state index contributed by atoms with van der Waals surface area (Å²) in [4.78, 5) is 9.47. The van der Waals surface area contributed by atoms with Gasteiger partial charge in [-0.2, -0.15) is 0 Å². The van der Waals surface area contributed by atoms with Gasteiger partial charge in [-0.3, -0.25) is 4.99 Å². The molecule has 1 aromatic rings. The Labute approximate surface area is 223 Å². The number of nitrogens with one attached hydrogen (secondary N) is 1. The van der Waals surface area contributed by atoms with Gasteiger partial charge in [0.05, 0.1) is 16.3 Å². The van der Waals surface area contributed by atoms with E-state index in [1.54, 1.807) is 6.08 Å². The highest BCUT2D eigenvalue weighted by Crippen LogP contribution is 2.39. The fourth-order valence-electron chi connectivity index (χ4n) is 4.15. The first-order chi connectivity index (χ1) is 17.3. The Hall–Kier alpha value is -2.48. The number of aromatic nitrogens is 1. The van der Waals surface area contributed by atoms with Gasteiger partial charge in [0.15, 0.2) is 0 Å². The molecule has 36 heavy (non-hydrogen) atoms. The second kappa shape index (κ2) is 15.6. The van der Waals surface area contributed by atoms with Crippen LogP contribution in [-0.2, 0) is 0 Å². The summed E-state index contributed by atoms with van der Waals surface area (Å²) in [6, 6.07) is 4.27. The van der Waals surface area contributed by atoms with Gasteiger partial charge in [-0.1, -0.05) is 49.1 Å². The van der Waals surface area contributed by atoms with E-state index in [1.165, 1.54) is 29.7 Å². The van der Waals surface area contributed by atoms with Crippen LogP contribution in [0.15, 0.2) is 75.8 Å². The Morgan fingerprint density at radius 2 is 2.00 bits per heavy atom. The van der Waals surface area contributed by atoms with Crippen molar-refractivity contribution < 1.29 is 5.11 Å². The molecule has 1 heterocycles. The monoisotopic (exact) mass is 504 g/mol. The van der Waals surface area contributed by atoms with E-state index >= 15 is 0 Å². The van der Waals surface area contributed by atoms with E-state index in [0.717, 1.165) is 46.4 Å². The van der Waals surface area contributed by atoms with Crippen LogP contribution in [0.3, 0.4) is 0 Å². The molecule has 4 heteroatoms. The zero-order valence-corrected chi connectivity index (χ0v) is 23.8. The molecule has 1 aliphatic rings. The third-order valence-electron chi connectivity index (χ3n) is 6.27. The minimum absolute atomic E-state index is 0.224. The highest BCUT2D eigenvalue weighted by Gasteiger charge is 2.23. The maximum atomic E-state index is 9.60. The lowest BCUT2D eigenvalue weighted by atomic mass is 9.84. The molecule has 194 valence electrons. The number of allylic oxidation sites excluding steroid dienone is 8. The molecular weight excluding hydrogens is 460 g/mol. The first-order valence-electron chi connectivity index (χ1n) is 13.1. The molecule has 0 bridgehead atoms. The van der Waals surface area contributed by atoms with E-state index < -0.39 is 0 Å². The Kier molecular flexibility index (Phi) is 12.9. The smallest absolute Gasteiger partial charge is 0.0858 e. The lowest BCUT2D eigenvalue weighted by Gasteiger charge is -2.23. The number of hydrogen-bond acceptors (Lipinski definition) is 3. The minimum Gasteiger partial charge on any atom is -0.396 e. The van der Waals surface area contributed by atoms with E-state index in [9.17, 15) is 5.11 Å². The van der Waals surface area contributed by atoms with Crippen molar-refractivity contribution in [2.24, 2.45) is 10.9 Å². The number of H-pyrrole nitrogens is 1. The Morgan fingerprint density at radius 3 is 2.58 bits per heavy atom. The minimum atomic E-state index is 0.224. The average molecular weight is 505 g/mol. The summed E-state index contributed by atoms with van der Waals surface area (Å²) in [6.07, 6.45) is 15.7. The maximum Gasteiger partial charge on any atom is 0.0858 e. The second-order valence-electron chi connectivity index (χ2n) is 9.85. The van der Waals surface area contributed by atoms with Crippen LogP contribution in [-0.4, -0.2) is 27.7 Å². The summed E-state index contributed by atoms with van der Waals surface area (Å²) >= 11 is 1.90. The van der Waals surface area contributed by atoms with Crippen molar-refractivity contribution in [1.29, 1.82) is 0 Å². The SMILES string of the molecule is C=CC(=N/C=C(\C)C=C(C)C)c1ccc(C(CC(CC)CCO)/C(C)=C/C=C(\C#CC)SC2CC2)[nH]1. The Balaban J connectivity index is 2.39. The average Bonchev–Trinajstić information content (AvgIpc) is 3.53. The van der Waals surface area contributed by atoms with E-state index in [1.807, 2.05) is 24.9 Å². The fourth-order valence-corrected chi connectivity index (χ4v) is 5.18. The Bertz CT molecular complexity index is 1080. The molecule has 2 atom stereocenters. The van der Waals surface area contributed by atoms with Crippen LogP contribution in [0.2, 0.25) is 0 Å². The fraction of sp³-hybridized carbons (Fsp3) is 0.469. The second-order valence-corrected chi connectivity index (χ2v) is 11.2. The van der Waals surface area contributed by atoms with Crippen LogP contribution in [0.5, 0.6) is 0 Å². The number of aliphatic imine (C=N–C) groups is 1. The lowest BCUT2D eigenvalue weighted by molar-refractivity contribution is 0.246. The molecule has 1 aliphatic carbocycles. The first-order valence-corrected chi connectivity index (χ1v) is 14.0. The standard InChI is InChI=1S/C32H44N2OS/c1-8-11-27(36-28-14-15-28)13-12-25(7)29(21-26(9-2)18-19-35)31-16-17-32(34-31)30(10-3)33-22-24(6)20-23(4)5/h10,12-13,16-17,20,22,26,28-29,34-35H,3,9,14-15,18-19,21H2,1-2,4-7H3/b24-22+,25-12+,27-13+,33-30?. The molecule has 0 aromatic carbocycles. The molecule has 1 aromatic heterocycles. The number of aromatic amines is 1. The van der Waals surface area contributed by atoms with Crippen molar-refractivity contribution >= 4 is 17.5 Å². The van der Waals surface area contributed by atoms with Crippen molar-refractivity contribution in [1.82, 2.24) is 4.98 Å². The van der Waals surface area contributed by atoms with Crippen molar-refractivity contribution in [3.63, 3.8) is 0 Å². The van der Waals surface area contributed by atoms with Gasteiger partial charge < -0.3 is 10.1 Å². The zero-order valence-electron chi connectivity index (χ0n) is 23.0. The van der Waals surface area contributed by atoms with Gasteiger partial charge in [-0.15, -0.1) is 17.7 Å². The van der Waals surface area contributed by atoms with Crippen molar-refractivity contribution in [2.75, 3.05) is 6.61 Å². The molecule has 0 saturated heterocycles. The molecule has 2 N–H and O–H groups in total. The van der Waals surface area contributed by atoms with Crippen LogP contribution in [0, 0.1) is 17.8 Å². The molecule has 3 nitrogen and oxygen atoms in total. The normalized spacial score (nSPS) is 16.8. The van der Waals surface area contributed by atoms with Gasteiger partial charge in [0.25, 0.3) is 0 Å². The summed E-state index contributed by atoms with van der Waals surface area (Å²) < 4.78 is 0. The number of aliphatic hydroxyl groups is 1. The lowest BCUT2D eigenvalue weighted by Crippen LogP contribution is -2.11. The van der Waals surface area contributed by atoms with Crippen molar-refractivity contribution in [3.05, 3.63) is 82.2 Å². The molecule has 1 saturated carbocycles. The van der Waals surface area contributed by atoms with Crippen molar-refractivity contribution in [2.45, 2.75) is 84.8 Å². The molecule has 0 spiro atoms. The van der Waals surface area contributed by atoms with E-state index in [2.05, 4.69) is 93.4 Å². The van der Waals surface area contributed by atoms with Gasteiger partial charge >= 0.3 is 0 Å². The van der Waals surface area contributed by atoms with Gasteiger partial charge in [0.2, 0.25) is 0 Å². The number of thioether (sulfide) groups is 1. The van der Waals surface area contributed by atoms with Crippen LogP contribution < -0.4 is 0 Å². The van der Waals surface area contributed by atoms with Gasteiger partial charge in [0, 0.05) is 29.7 Å². The van der Waals surface area contributed by atoms with Crippen molar-refractivity contribution in [3.8, 4) is 11.8 Å². The third-order valence-corrected chi connectivity index (χ3v) is 7.57. The molecule has 0 amide bonds. The molecule has 0 radical (unpaired) electrons. The number of hydrogen-bond donors (Lipinski definition) is 2. The maximum absolute atomic E-state index is 9.60. The predicted octanol–water partition coefficient (Wildman–Crippen LogP) is 8.49. The highest BCUT2D eigenvalue weighted by atomic mass is 32.2. The number of aliphatic hydroxyl groups excluding tert-OH is 1. The largest absolute Gasteiger partial charge is 0.396 e. The molecule has 2 rings (SSSR count). The predicted molar refractivity (Wildman–Crippen MR) is 159 cm³/mol. The number of rotatable bonds is 14. The summed E-state index contributed by atoms with van der Waals surface area (Å²) in [6.45, 7) is 16.8. The third kappa shape index (κ3) is 10.2. The van der Waals surface area contributed by atoms with Gasteiger partial charge in [-0.05, 0) is 96.1 Å². The summed E-state index contributed by atoms with van der Waals surface area (Å²) in [5, 5.41) is 10.3. The molecular formula is C32H44N2OS. The summed E-state index contributed by atoms with van der Waals surface area (Å²) in [5.41, 5.74) is 6.61. The van der Waals surface area contributed by atoms with E-state index in [4.69, 9.17) is 0 Å². The topological polar surface area (TPSA) is 48.4 Å². The first kappa shape index (κ1) is 29.7. The Morgan fingerprint density at radius 1 is 1.25 bits per heavy atom. The zero-order chi connectivity index (χ0) is 26.5. The summed E-state index contributed by atoms with van der Waals surface area (Å²) in [5.74, 6) is 7.02. The van der Waals surface area contributed by atoms with Crippen LogP contribution >= 0.6 is 11.8 Å².